The molecule has 2 aromatic rings. The zero-order chi connectivity index (χ0) is 18.4. The van der Waals surface area contributed by atoms with E-state index in [-0.39, 0.29) is 29.6 Å². The van der Waals surface area contributed by atoms with Gasteiger partial charge in [-0.2, -0.15) is 0 Å². The average molecular weight is 344 g/mol. The van der Waals surface area contributed by atoms with Crippen LogP contribution in [-0.2, 0) is 0 Å². The Hall–Kier alpha value is -2.73. The Balaban J connectivity index is 2.24. The monoisotopic (exact) mass is 344 g/mol. The van der Waals surface area contributed by atoms with Crippen LogP contribution in [0.15, 0.2) is 42.5 Å². The quantitative estimate of drug-likeness (QED) is 0.754. The standard InChI is InChI=1S/C19H21FN2O3/c1-12(11-23)10-21-18(24)15-8-5-6-13(2)17(15)22-19(25)14-7-3-4-9-16(14)20/h3-9,12,23H,10-11H2,1-2H3,(H,21,24)(H,22,25). The van der Waals surface area contributed by atoms with Gasteiger partial charge >= 0.3 is 0 Å². The van der Waals surface area contributed by atoms with E-state index < -0.39 is 11.7 Å². The molecule has 6 heteroatoms. The maximum absolute atomic E-state index is 13.8. The predicted octanol–water partition coefficient (Wildman–Crippen LogP) is 2.74. The van der Waals surface area contributed by atoms with Crippen LogP contribution < -0.4 is 10.6 Å². The van der Waals surface area contributed by atoms with E-state index >= 15 is 0 Å². The van der Waals surface area contributed by atoms with Crippen LogP contribution in [0.4, 0.5) is 10.1 Å². The number of aliphatic hydroxyl groups is 1. The Morgan fingerprint density at radius 3 is 2.44 bits per heavy atom. The van der Waals surface area contributed by atoms with Crippen LogP contribution in [0.25, 0.3) is 0 Å². The number of anilines is 1. The fourth-order valence-electron chi connectivity index (χ4n) is 2.28. The number of amides is 2. The summed E-state index contributed by atoms with van der Waals surface area (Å²) in [6.07, 6.45) is 0. The summed E-state index contributed by atoms with van der Waals surface area (Å²) >= 11 is 0. The molecule has 2 amide bonds. The van der Waals surface area contributed by atoms with Gasteiger partial charge in [0.05, 0.1) is 16.8 Å². The van der Waals surface area contributed by atoms with Crippen molar-refractivity contribution in [3.63, 3.8) is 0 Å². The summed E-state index contributed by atoms with van der Waals surface area (Å²) in [4.78, 5) is 24.8. The number of aliphatic hydroxyl groups excluding tert-OH is 1. The van der Waals surface area contributed by atoms with Crippen molar-refractivity contribution in [2.45, 2.75) is 13.8 Å². The van der Waals surface area contributed by atoms with E-state index in [1.54, 1.807) is 38.1 Å². The normalized spacial score (nSPS) is 11.7. The van der Waals surface area contributed by atoms with Crippen LogP contribution in [0.1, 0.15) is 33.2 Å². The third-order valence-corrected chi connectivity index (χ3v) is 3.80. The second kappa shape index (κ2) is 8.39. The highest BCUT2D eigenvalue weighted by Gasteiger charge is 2.18. The van der Waals surface area contributed by atoms with Crippen LogP contribution in [0, 0.1) is 18.7 Å². The van der Waals surface area contributed by atoms with Gasteiger partial charge in [-0.15, -0.1) is 0 Å². The molecule has 2 rings (SSSR count). The van der Waals surface area contributed by atoms with Gasteiger partial charge in [0.15, 0.2) is 0 Å². The Labute approximate surface area is 145 Å². The maximum atomic E-state index is 13.8. The third-order valence-electron chi connectivity index (χ3n) is 3.80. The molecule has 25 heavy (non-hydrogen) atoms. The molecule has 0 aliphatic heterocycles. The minimum absolute atomic E-state index is 0.0367. The third kappa shape index (κ3) is 4.64. The van der Waals surface area contributed by atoms with Crippen molar-refractivity contribution in [1.29, 1.82) is 0 Å². The molecule has 0 aliphatic rings. The number of halogens is 1. The van der Waals surface area contributed by atoms with E-state index in [0.29, 0.717) is 17.8 Å². The van der Waals surface area contributed by atoms with E-state index in [4.69, 9.17) is 5.11 Å². The van der Waals surface area contributed by atoms with Crippen LogP contribution in [-0.4, -0.2) is 30.1 Å². The molecule has 0 saturated heterocycles. The lowest BCUT2D eigenvalue weighted by atomic mass is 10.1. The van der Waals surface area contributed by atoms with Crippen molar-refractivity contribution in [3.8, 4) is 0 Å². The van der Waals surface area contributed by atoms with Crippen molar-refractivity contribution in [1.82, 2.24) is 5.32 Å². The molecule has 2 aromatic carbocycles. The summed E-state index contributed by atoms with van der Waals surface area (Å²) in [7, 11) is 0. The molecule has 1 atom stereocenters. The predicted molar refractivity (Wildman–Crippen MR) is 94.1 cm³/mol. The van der Waals surface area contributed by atoms with Gasteiger partial charge in [0.2, 0.25) is 0 Å². The van der Waals surface area contributed by atoms with Crippen molar-refractivity contribution in [3.05, 3.63) is 65.0 Å². The van der Waals surface area contributed by atoms with Crippen LogP contribution in [0.5, 0.6) is 0 Å². The molecule has 0 aliphatic carbocycles. The second-order valence-corrected chi connectivity index (χ2v) is 5.93. The second-order valence-electron chi connectivity index (χ2n) is 5.93. The average Bonchev–Trinajstić information content (AvgIpc) is 2.61. The molecule has 0 spiro atoms. The van der Waals surface area contributed by atoms with Gasteiger partial charge < -0.3 is 15.7 Å². The summed E-state index contributed by atoms with van der Waals surface area (Å²) in [5.41, 5.74) is 1.22. The van der Waals surface area contributed by atoms with Gasteiger partial charge in [0.25, 0.3) is 11.8 Å². The molecule has 5 nitrogen and oxygen atoms in total. The maximum Gasteiger partial charge on any atom is 0.258 e. The van der Waals surface area contributed by atoms with Crippen LogP contribution in [0.2, 0.25) is 0 Å². The molecule has 0 aromatic heterocycles. The first kappa shape index (κ1) is 18.6. The molecular weight excluding hydrogens is 323 g/mol. The highest BCUT2D eigenvalue weighted by Crippen LogP contribution is 2.22. The first-order valence-electron chi connectivity index (χ1n) is 7.98. The van der Waals surface area contributed by atoms with Gasteiger partial charge in [-0.05, 0) is 36.6 Å². The molecule has 0 saturated carbocycles. The molecule has 3 N–H and O–H groups in total. The Kier molecular flexibility index (Phi) is 6.25. The van der Waals surface area contributed by atoms with Crippen molar-refractivity contribution < 1.29 is 19.1 Å². The lowest BCUT2D eigenvalue weighted by Crippen LogP contribution is -2.30. The number of rotatable bonds is 6. The van der Waals surface area contributed by atoms with Gasteiger partial charge in [-0.3, -0.25) is 9.59 Å². The van der Waals surface area contributed by atoms with E-state index in [0.717, 1.165) is 0 Å². The molecule has 1 unspecified atom stereocenters. The van der Waals surface area contributed by atoms with Crippen LogP contribution >= 0.6 is 0 Å². The Bertz CT molecular complexity index is 777. The minimum atomic E-state index is -0.628. The fourth-order valence-corrected chi connectivity index (χ4v) is 2.28. The fraction of sp³-hybridized carbons (Fsp3) is 0.263. The molecule has 0 radical (unpaired) electrons. The number of hydrogen-bond acceptors (Lipinski definition) is 3. The number of carbonyl (C=O) groups is 2. The number of hydrogen-bond donors (Lipinski definition) is 3. The topological polar surface area (TPSA) is 78.4 Å². The van der Waals surface area contributed by atoms with Crippen LogP contribution in [0.3, 0.4) is 0 Å². The Morgan fingerprint density at radius 2 is 1.76 bits per heavy atom. The minimum Gasteiger partial charge on any atom is -0.396 e. The molecular formula is C19H21FN2O3. The van der Waals surface area contributed by atoms with Gasteiger partial charge in [-0.25, -0.2) is 4.39 Å². The zero-order valence-corrected chi connectivity index (χ0v) is 14.2. The first-order chi connectivity index (χ1) is 11.9. The summed E-state index contributed by atoms with van der Waals surface area (Å²) < 4.78 is 13.8. The number of benzene rings is 2. The van der Waals surface area contributed by atoms with E-state index in [1.165, 1.54) is 18.2 Å². The molecule has 0 fully saturated rings. The largest absolute Gasteiger partial charge is 0.396 e. The van der Waals surface area contributed by atoms with Gasteiger partial charge in [0.1, 0.15) is 5.82 Å². The highest BCUT2D eigenvalue weighted by atomic mass is 19.1. The summed E-state index contributed by atoms with van der Waals surface area (Å²) in [5.74, 6) is -1.69. The van der Waals surface area contributed by atoms with Gasteiger partial charge in [0, 0.05) is 13.2 Å². The summed E-state index contributed by atoms with van der Waals surface area (Å²) in [6, 6.07) is 10.7. The lowest BCUT2D eigenvalue weighted by molar-refractivity contribution is 0.0943. The van der Waals surface area contributed by atoms with Crippen molar-refractivity contribution in [2.24, 2.45) is 5.92 Å². The lowest BCUT2D eigenvalue weighted by Gasteiger charge is -2.15. The number of aryl methyl sites for hydroxylation is 1. The van der Waals surface area contributed by atoms with E-state index in [1.807, 2.05) is 0 Å². The number of para-hydroxylation sites is 1. The smallest absolute Gasteiger partial charge is 0.258 e. The van der Waals surface area contributed by atoms with E-state index in [2.05, 4.69) is 10.6 Å². The SMILES string of the molecule is Cc1cccc(C(=O)NCC(C)CO)c1NC(=O)c1ccccc1F. The van der Waals surface area contributed by atoms with Gasteiger partial charge in [-0.1, -0.05) is 31.2 Å². The zero-order valence-electron chi connectivity index (χ0n) is 14.2. The van der Waals surface area contributed by atoms with Crippen molar-refractivity contribution >= 4 is 17.5 Å². The molecule has 0 bridgehead atoms. The first-order valence-corrected chi connectivity index (χ1v) is 7.98. The Morgan fingerprint density at radius 1 is 1.08 bits per heavy atom. The summed E-state index contributed by atoms with van der Waals surface area (Å²) in [5, 5.41) is 14.4. The van der Waals surface area contributed by atoms with E-state index in [9.17, 15) is 14.0 Å². The molecule has 0 heterocycles. The number of nitrogens with one attached hydrogen (secondary N) is 2. The van der Waals surface area contributed by atoms with Crippen molar-refractivity contribution in [2.75, 3.05) is 18.5 Å². The number of carbonyl (C=O) groups excluding carboxylic acids is 2. The highest BCUT2D eigenvalue weighted by molar-refractivity contribution is 6.09. The molecule has 132 valence electrons. The summed E-state index contributed by atoms with van der Waals surface area (Å²) in [6.45, 7) is 3.83.